The summed E-state index contributed by atoms with van der Waals surface area (Å²) in [5.41, 5.74) is 3.67. The fourth-order valence-electron chi connectivity index (χ4n) is 1.17. The summed E-state index contributed by atoms with van der Waals surface area (Å²) in [6.07, 6.45) is -3.16. The molecular weight excluding hydrogens is 195 g/mol. The van der Waals surface area contributed by atoms with E-state index in [2.05, 4.69) is 5.10 Å². The molecule has 0 saturated carbocycles. The van der Waals surface area contributed by atoms with Crippen molar-refractivity contribution in [2.45, 2.75) is 25.6 Å². The molecule has 0 bridgehead atoms. The van der Waals surface area contributed by atoms with Gasteiger partial charge in [-0.05, 0) is 13.8 Å². The number of alkyl halides is 3. The van der Waals surface area contributed by atoms with Gasteiger partial charge in [-0.1, -0.05) is 0 Å². The highest BCUT2D eigenvalue weighted by atomic mass is 19.4. The lowest BCUT2D eigenvalue weighted by Crippen LogP contribution is -2.31. The van der Waals surface area contributed by atoms with Crippen molar-refractivity contribution in [3.63, 3.8) is 0 Å². The molecular formula is C8H12F3N3. The van der Waals surface area contributed by atoms with E-state index in [4.69, 9.17) is 5.73 Å². The van der Waals surface area contributed by atoms with Crippen LogP contribution in [0.25, 0.3) is 0 Å². The van der Waals surface area contributed by atoms with Crippen LogP contribution in [0.4, 0.5) is 13.2 Å². The molecule has 0 aromatic carbocycles. The second kappa shape index (κ2) is 2.98. The molecule has 0 atom stereocenters. The molecule has 1 aromatic rings. The molecule has 0 saturated heterocycles. The van der Waals surface area contributed by atoms with E-state index in [1.54, 1.807) is 0 Å². The predicted molar refractivity (Wildman–Crippen MR) is 45.4 cm³/mol. The summed E-state index contributed by atoms with van der Waals surface area (Å²) in [4.78, 5) is 0. The minimum atomic E-state index is -4.45. The van der Waals surface area contributed by atoms with Crippen molar-refractivity contribution in [2.24, 2.45) is 12.8 Å². The summed E-state index contributed by atoms with van der Waals surface area (Å²) in [7, 11) is 1.44. The molecule has 2 N–H and O–H groups in total. The minimum absolute atomic E-state index is 0.00694. The monoisotopic (exact) mass is 207 g/mol. The van der Waals surface area contributed by atoms with Crippen molar-refractivity contribution >= 4 is 0 Å². The Hall–Kier alpha value is -1.04. The molecule has 6 heteroatoms. The van der Waals surface area contributed by atoms with Crippen LogP contribution in [0.5, 0.6) is 0 Å². The van der Waals surface area contributed by atoms with Gasteiger partial charge in [-0.3, -0.25) is 4.68 Å². The standard InChI is InChI=1S/C8H12F3N3/c1-7(2,12)5-4-14(3)13-6(5)8(9,10)11/h4H,12H2,1-3H3. The zero-order chi connectivity index (χ0) is 11.1. The summed E-state index contributed by atoms with van der Waals surface area (Å²) in [5, 5.41) is 3.36. The topological polar surface area (TPSA) is 43.8 Å². The molecule has 0 radical (unpaired) electrons. The average Bonchev–Trinajstić information content (AvgIpc) is 2.27. The van der Waals surface area contributed by atoms with Gasteiger partial charge >= 0.3 is 6.18 Å². The first-order valence-corrected chi connectivity index (χ1v) is 4.02. The van der Waals surface area contributed by atoms with Crippen LogP contribution in [-0.2, 0) is 18.8 Å². The Bertz CT molecular complexity index is 301. The van der Waals surface area contributed by atoms with Crippen LogP contribution in [0.3, 0.4) is 0 Å². The second-order valence-corrected chi connectivity index (χ2v) is 3.78. The van der Waals surface area contributed by atoms with Gasteiger partial charge < -0.3 is 5.73 Å². The highest BCUT2D eigenvalue weighted by Gasteiger charge is 2.39. The Morgan fingerprint density at radius 3 is 2.14 bits per heavy atom. The fourth-order valence-corrected chi connectivity index (χ4v) is 1.17. The van der Waals surface area contributed by atoms with E-state index in [0.29, 0.717) is 0 Å². The lowest BCUT2D eigenvalue weighted by molar-refractivity contribution is -0.142. The molecule has 0 spiro atoms. The average molecular weight is 207 g/mol. The van der Waals surface area contributed by atoms with Crippen LogP contribution in [0.2, 0.25) is 0 Å². The molecule has 0 aliphatic carbocycles. The van der Waals surface area contributed by atoms with Crippen LogP contribution >= 0.6 is 0 Å². The van der Waals surface area contributed by atoms with E-state index >= 15 is 0 Å². The molecule has 0 unspecified atom stereocenters. The van der Waals surface area contributed by atoms with Crippen LogP contribution in [0, 0.1) is 0 Å². The second-order valence-electron chi connectivity index (χ2n) is 3.78. The number of hydrogen-bond donors (Lipinski definition) is 1. The number of halogens is 3. The Morgan fingerprint density at radius 2 is 1.86 bits per heavy atom. The maximum Gasteiger partial charge on any atom is 0.435 e. The van der Waals surface area contributed by atoms with Gasteiger partial charge in [0.05, 0.1) is 0 Å². The summed E-state index contributed by atoms with van der Waals surface area (Å²) < 4.78 is 38.5. The normalized spacial score (nSPS) is 13.4. The quantitative estimate of drug-likeness (QED) is 0.760. The zero-order valence-corrected chi connectivity index (χ0v) is 8.18. The fraction of sp³-hybridized carbons (Fsp3) is 0.625. The van der Waals surface area contributed by atoms with Crippen LogP contribution in [0.15, 0.2) is 6.20 Å². The molecule has 0 fully saturated rings. The summed E-state index contributed by atoms with van der Waals surface area (Å²) >= 11 is 0. The predicted octanol–water partition coefficient (Wildman–Crippen LogP) is 1.63. The van der Waals surface area contributed by atoms with E-state index in [0.717, 1.165) is 4.68 Å². The smallest absolute Gasteiger partial charge is 0.322 e. The van der Waals surface area contributed by atoms with Crippen LogP contribution < -0.4 is 5.73 Å². The lowest BCUT2D eigenvalue weighted by atomic mass is 9.96. The Morgan fingerprint density at radius 1 is 1.36 bits per heavy atom. The Balaban J connectivity index is 3.31. The molecule has 0 amide bonds. The first-order chi connectivity index (χ1) is 6.12. The van der Waals surface area contributed by atoms with Crippen molar-refractivity contribution in [1.29, 1.82) is 0 Å². The van der Waals surface area contributed by atoms with E-state index in [9.17, 15) is 13.2 Å². The van der Waals surface area contributed by atoms with Crippen LogP contribution in [-0.4, -0.2) is 9.78 Å². The van der Waals surface area contributed by atoms with Crippen molar-refractivity contribution in [3.8, 4) is 0 Å². The highest BCUT2D eigenvalue weighted by molar-refractivity contribution is 5.26. The molecule has 14 heavy (non-hydrogen) atoms. The van der Waals surface area contributed by atoms with E-state index in [1.165, 1.54) is 27.1 Å². The number of aromatic nitrogens is 2. The van der Waals surface area contributed by atoms with Crippen molar-refractivity contribution in [1.82, 2.24) is 9.78 Å². The van der Waals surface area contributed by atoms with Gasteiger partial charge in [-0.25, -0.2) is 0 Å². The van der Waals surface area contributed by atoms with Gasteiger partial charge in [0.1, 0.15) is 0 Å². The Kier molecular flexibility index (Phi) is 2.35. The Labute approximate surface area is 79.7 Å². The van der Waals surface area contributed by atoms with Gasteiger partial charge in [0.2, 0.25) is 0 Å². The van der Waals surface area contributed by atoms with Gasteiger partial charge in [0, 0.05) is 24.3 Å². The number of rotatable bonds is 1. The van der Waals surface area contributed by atoms with Gasteiger partial charge in [0.25, 0.3) is 0 Å². The van der Waals surface area contributed by atoms with Gasteiger partial charge in [0.15, 0.2) is 5.69 Å². The molecule has 1 aromatic heterocycles. The van der Waals surface area contributed by atoms with E-state index in [-0.39, 0.29) is 5.56 Å². The zero-order valence-electron chi connectivity index (χ0n) is 8.18. The number of hydrogen-bond acceptors (Lipinski definition) is 2. The lowest BCUT2D eigenvalue weighted by Gasteiger charge is -2.19. The number of aryl methyl sites for hydroxylation is 1. The van der Waals surface area contributed by atoms with Gasteiger partial charge in [-0.2, -0.15) is 18.3 Å². The molecule has 1 heterocycles. The SMILES string of the molecule is Cn1cc(C(C)(C)N)c(C(F)(F)F)n1. The van der Waals surface area contributed by atoms with Crippen molar-refractivity contribution < 1.29 is 13.2 Å². The molecule has 80 valence electrons. The molecule has 3 nitrogen and oxygen atoms in total. The highest BCUT2D eigenvalue weighted by Crippen LogP contribution is 2.34. The maximum atomic E-state index is 12.5. The number of nitrogens with zero attached hydrogens (tertiary/aromatic N) is 2. The molecule has 0 aliphatic heterocycles. The third kappa shape index (κ3) is 2.06. The van der Waals surface area contributed by atoms with Crippen molar-refractivity contribution in [3.05, 3.63) is 17.5 Å². The molecule has 0 aliphatic rings. The summed E-state index contributed by atoms with van der Waals surface area (Å²) in [6, 6.07) is 0. The summed E-state index contributed by atoms with van der Waals surface area (Å²) in [5.74, 6) is 0. The van der Waals surface area contributed by atoms with E-state index in [1.807, 2.05) is 0 Å². The third-order valence-electron chi connectivity index (χ3n) is 1.79. The molecule has 1 rings (SSSR count). The first kappa shape index (κ1) is 11.0. The van der Waals surface area contributed by atoms with Crippen molar-refractivity contribution in [2.75, 3.05) is 0 Å². The largest absolute Gasteiger partial charge is 0.435 e. The first-order valence-electron chi connectivity index (χ1n) is 4.02. The number of nitrogens with two attached hydrogens (primary N) is 1. The maximum absolute atomic E-state index is 12.5. The third-order valence-corrected chi connectivity index (χ3v) is 1.79. The summed E-state index contributed by atoms with van der Waals surface area (Å²) in [6.45, 7) is 3.03. The van der Waals surface area contributed by atoms with E-state index < -0.39 is 17.4 Å². The minimum Gasteiger partial charge on any atom is -0.322 e. The van der Waals surface area contributed by atoms with Gasteiger partial charge in [-0.15, -0.1) is 0 Å². The van der Waals surface area contributed by atoms with Crippen LogP contribution in [0.1, 0.15) is 25.1 Å².